The third-order valence-electron chi connectivity index (χ3n) is 5.57. The summed E-state index contributed by atoms with van der Waals surface area (Å²) < 4.78 is 40.5. The molecule has 0 radical (unpaired) electrons. The lowest BCUT2D eigenvalue weighted by atomic mass is 9.69. The van der Waals surface area contributed by atoms with Crippen LogP contribution in [-0.2, 0) is 9.47 Å². The summed E-state index contributed by atoms with van der Waals surface area (Å²) >= 11 is 0. The number of ether oxygens (including phenoxy) is 2. The van der Waals surface area contributed by atoms with E-state index in [0.717, 1.165) is 19.3 Å². The molecule has 1 saturated heterocycles. The van der Waals surface area contributed by atoms with Crippen LogP contribution in [0, 0.1) is 17.8 Å². The van der Waals surface area contributed by atoms with E-state index in [1.165, 1.54) is 0 Å². The van der Waals surface area contributed by atoms with Crippen molar-refractivity contribution in [1.29, 1.82) is 0 Å². The molecule has 21 heavy (non-hydrogen) atoms. The summed E-state index contributed by atoms with van der Waals surface area (Å²) in [7, 11) is 0. The first-order chi connectivity index (χ1) is 10.2. The number of alkyl halides is 2. The van der Waals surface area contributed by atoms with Crippen LogP contribution in [0.2, 0.25) is 0 Å². The molecule has 3 aliphatic rings. The minimum atomic E-state index is -1.17. The van der Waals surface area contributed by atoms with Crippen molar-refractivity contribution in [3.05, 3.63) is 0 Å². The zero-order valence-electron chi connectivity index (χ0n) is 12.6. The lowest BCUT2D eigenvalue weighted by Crippen LogP contribution is -2.44. The minimum Gasteiger partial charge on any atom is -0.396 e. The second-order valence-corrected chi connectivity index (χ2v) is 6.79. The Morgan fingerprint density at radius 2 is 1.71 bits per heavy atom. The molecule has 3 rings (SSSR count). The molecule has 5 heteroatoms. The van der Waals surface area contributed by atoms with Gasteiger partial charge in [-0.2, -0.15) is 0 Å². The van der Waals surface area contributed by atoms with Crippen molar-refractivity contribution < 1.29 is 23.4 Å². The van der Waals surface area contributed by atoms with E-state index in [1.807, 2.05) is 6.92 Å². The van der Waals surface area contributed by atoms with Gasteiger partial charge in [0.1, 0.15) is 6.17 Å². The Bertz CT molecular complexity index is 354. The van der Waals surface area contributed by atoms with Gasteiger partial charge < -0.3 is 14.6 Å². The van der Waals surface area contributed by atoms with Crippen LogP contribution in [0.25, 0.3) is 0 Å². The molecule has 3 nitrogen and oxygen atoms in total. The molecule has 122 valence electrons. The minimum absolute atomic E-state index is 0.109. The fraction of sp³-hybridized carbons (Fsp3) is 1.00. The molecule has 8 atom stereocenters. The Hall–Kier alpha value is -0.260. The zero-order valence-corrected chi connectivity index (χ0v) is 12.6. The van der Waals surface area contributed by atoms with Crippen LogP contribution < -0.4 is 0 Å². The number of aliphatic hydroxyl groups excluding tert-OH is 1. The lowest BCUT2D eigenvalue weighted by molar-refractivity contribution is -0.120. The van der Waals surface area contributed by atoms with Crippen LogP contribution in [0.3, 0.4) is 0 Å². The maximum absolute atomic E-state index is 14.7. The monoisotopic (exact) mass is 304 g/mol. The first kappa shape index (κ1) is 15.6. The van der Waals surface area contributed by atoms with E-state index in [9.17, 15) is 13.9 Å². The highest BCUT2D eigenvalue weighted by molar-refractivity contribution is 5.04. The number of halogens is 2. The summed E-state index contributed by atoms with van der Waals surface area (Å²) in [5.41, 5.74) is 0. The lowest BCUT2D eigenvalue weighted by Gasteiger charge is -2.37. The summed E-state index contributed by atoms with van der Waals surface area (Å²) in [6.45, 7) is 2.42. The molecule has 2 aliphatic carbocycles. The Labute approximate surface area is 125 Å². The second kappa shape index (κ2) is 6.47. The quantitative estimate of drug-likeness (QED) is 0.868. The van der Waals surface area contributed by atoms with Crippen molar-refractivity contribution in [2.45, 2.75) is 69.7 Å². The topological polar surface area (TPSA) is 38.7 Å². The van der Waals surface area contributed by atoms with Gasteiger partial charge in [-0.15, -0.1) is 0 Å². The molecule has 2 saturated carbocycles. The van der Waals surface area contributed by atoms with Crippen LogP contribution in [0.4, 0.5) is 8.78 Å². The third kappa shape index (κ3) is 2.73. The fourth-order valence-corrected chi connectivity index (χ4v) is 4.45. The van der Waals surface area contributed by atoms with Gasteiger partial charge in [0.15, 0.2) is 6.17 Å². The van der Waals surface area contributed by atoms with E-state index in [4.69, 9.17) is 9.47 Å². The molecule has 0 bridgehead atoms. The molecule has 1 N–H and O–H groups in total. The van der Waals surface area contributed by atoms with E-state index in [1.54, 1.807) is 0 Å². The predicted octanol–water partition coefficient (Wildman–Crippen LogP) is 2.65. The van der Waals surface area contributed by atoms with Gasteiger partial charge in [0.25, 0.3) is 0 Å². The van der Waals surface area contributed by atoms with Crippen LogP contribution in [0.1, 0.15) is 39.0 Å². The normalized spacial score (nSPS) is 49.7. The zero-order chi connectivity index (χ0) is 15.0. The maximum atomic E-state index is 14.7. The summed E-state index contributed by atoms with van der Waals surface area (Å²) in [5.74, 6) is -0.126. The molecular formula is C16H26F2O3. The summed E-state index contributed by atoms with van der Waals surface area (Å²) in [4.78, 5) is 0. The molecule has 8 unspecified atom stereocenters. The van der Waals surface area contributed by atoms with Crippen molar-refractivity contribution in [3.8, 4) is 0 Å². The molecule has 0 amide bonds. The van der Waals surface area contributed by atoms with Crippen molar-refractivity contribution in [3.63, 3.8) is 0 Å². The van der Waals surface area contributed by atoms with Crippen LogP contribution in [0.15, 0.2) is 0 Å². The first-order valence-electron chi connectivity index (χ1n) is 8.33. The standard InChI is InChI=1S/C16H26F2O3/c1-2-7-20-12-6-5-11-10-4-3-9(8-19)13(17)15(10)21-16(11)14(12)18/h9-16,19H,2-8H2,1H3. The summed E-state index contributed by atoms with van der Waals surface area (Å²) in [6.07, 6.45) is 0.171. The van der Waals surface area contributed by atoms with Gasteiger partial charge in [0, 0.05) is 19.1 Å². The van der Waals surface area contributed by atoms with E-state index < -0.39 is 30.7 Å². The van der Waals surface area contributed by atoms with Gasteiger partial charge in [-0.05, 0) is 43.9 Å². The van der Waals surface area contributed by atoms with Gasteiger partial charge in [-0.1, -0.05) is 6.92 Å². The van der Waals surface area contributed by atoms with Crippen molar-refractivity contribution in [1.82, 2.24) is 0 Å². The first-order valence-corrected chi connectivity index (χ1v) is 8.33. The van der Waals surface area contributed by atoms with E-state index in [-0.39, 0.29) is 24.4 Å². The average Bonchev–Trinajstić information content (AvgIpc) is 2.88. The third-order valence-corrected chi connectivity index (χ3v) is 5.57. The molecule has 1 aliphatic heterocycles. The highest BCUT2D eigenvalue weighted by Crippen LogP contribution is 2.50. The molecular weight excluding hydrogens is 278 g/mol. The van der Waals surface area contributed by atoms with Gasteiger partial charge in [-0.25, -0.2) is 8.78 Å². The van der Waals surface area contributed by atoms with Crippen LogP contribution in [0.5, 0.6) is 0 Å². The van der Waals surface area contributed by atoms with Gasteiger partial charge in [0.05, 0.1) is 18.3 Å². The Balaban J connectivity index is 1.68. The highest BCUT2D eigenvalue weighted by atomic mass is 19.1. The number of hydrogen-bond acceptors (Lipinski definition) is 3. The number of rotatable bonds is 4. The SMILES string of the molecule is CCCOC1CCC2C3CCC(CO)C(F)C3OC2C1F. The van der Waals surface area contributed by atoms with Crippen molar-refractivity contribution in [2.24, 2.45) is 17.8 Å². The molecule has 3 fully saturated rings. The molecule has 0 aromatic rings. The Morgan fingerprint density at radius 3 is 2.38 bits per heavy atom. The number of hydrogen-bond donors (Lipinski definition) is 1. The fourth-order valence-electron chi connectivity index (χ4n) is 4.45. The van der Waals surface area contributed by atoms with Crippen LogP contribution >= 0.6 is 0 Å². The van der Waals surface area contributed by atoms with Crippen LogP contribution in [-0.4, -0.2) is 49.0 Å². The van der Waals surface area contributed by atoms with Crippen molar-refractivity contribution >= 4 is 0 Å². The van der Waals surface area contributed by atoms with E-state index in [0.29, 0.717) is 19.4 Å². The number of fused-ring (bicyclic) bond motifs is 3. The van der Waals surface area contributed by atoms with Crippen molar-refractivity contribution in [2.75, 3.05) is 13.2 Å². The molecule has 0 aromatic heterocycles. The average molecular weight is 304 g/mol. The van der Waals surface area contributed by atoms with E-state index in [2.05, 4.69) is 0 Å². The van der Waals surface area contributed by atoms with Gasteiger partial charge >= 0.3 is 0 Å². The predicted molar refractivity (Wildman–Crippen MR) is 74.5 cm³/mol. The van der Waals surface area contributed by atoms with E-state index >= 15 is 0 Å². The Morgan fingerprint density at radius 1 is 1.05 bits per heavy atom. The molecule has 0 aromatic carbocycles. The largest absolute Gasteiger partial charge is 0.396 e. The maximum Gasteiger partial charge on any atom is 0.152 e. The smallest absolute Gasteiger partial charge is 0.152 e. The number of aliphatic hydroxyl groups is 1. The van der Waals surface area contributed by atoms with Gasteiger partial charge in [0.2, 0.25) is 0 Å². The highest BCUT2D eigenvalue weighted by Gasteiger charge is 2.56. The second-order valence-electron chi connectivity index (χ2n) is 6.79. The Kier molecular flexibility index (Phi) is 4.81. The summed E-state index contributed by atoms with van der Waals surface area (Å²) in [6, 6.07) is 0. The van der Waals surface area contributed by atoms with Gasteiger partial charge in [-0.3, -0.25) is 0 Å². The molecule has 1 heterocycles. The summed E-state index contributed by atoms with van der Waals surface area (Å²) in [5, 5.41) is 9.24. The molecule has 0 spiro atoms.